The van der Waals surface area contributed by atoms with E-state index in [2.05, 4.69) is 17.1 Å². The molecule has 112 valence electrons. The maximum Gasteiger partial charge on any atom is 0.255 e. The Labute approximate surface area is 127 Å². The molecule has 2 aliphatic rings. The van der Waals surface area contributed by atoms with Crippen LogP contribution in [0.3, 0.4) is 0 Å². The van der Waals surface area contributed by atoms with Gasteiger partial charge in [-0.2, -0.15) is 16.7 Å². The number of ether oxygens (including phenoxy) is 1. The fourth-order valence-corrected chi connectivity index (χ4v) is 5.68. The highest BCUT2D eigenvalue weighted by Crippen LogP contribution is 2.43. The van der Waals surface area contributed by atoms with Crippen LogP contribution in [0, 0.1) is 0 Å². The van der Waals surface area contributed by atoms with Crippen molar-refractivity contribution >= 4 is 23.5 Å². The van der Waals surface area contributed by atoms with Crippen LogP contribution in [0.15, 0.2) is 4.52 Å². The van der Waals surface area contributed by atoms with E-state index >= 15 is 0 Å². The first-order valence-electron chi connectivity index (χ1n) is 7.24. The standard InChI is InChI=1S/C13H21N3O2S2/c1-2-10-11(20-6-5-19-10)12-15-13(18-16-12)9-4-3-8(7-14)17-9/h8-11H,2-7,14H2,1H3. The third-order valence-electron chi connectivity index (χ3n) is 3.81. The summed E-state index contributed by atoms with van der Waals surface area (Å²) in [5.74, 6) is 3.84. The van der Waals surface area contributed by atoms with Gasteiger partial charge in [-0.15, -0.1) is 11.8 Å². The van der Waals surface area contributed by atoms with Gasteiger partial charge in [0.15, 0.2) is 5.82 Å². The molecule has 0 radical (unpaired) electrons. The molecule has 20 heavy (non-hydrogen) atoms. The molecule has 3 heterocycles. The third-order valence-corrected chi connectivity index (χ3v) is 7.05. The predicted molar refractivity (Wildman–Crippen MR) is 81.9 cm³/mol. The van der Waals surface area contributed by atoms with Gasteiger partial charge in [0.25, 0.3) is 5.89 Å². The van der Waals surface area contributed by atoms with Crippen LogP contribution in [0.25, 0.3) is 0 Å². The van der Waals surface area contributed by atoms with Crippen LogP contribution in [0.5, 0.6) is 0 Å². The van der Waals surface area contributed by atoms with Crippen LogP contribution in [0.2, 0.25) is 0 Å². The second-order valence-corrected chi connectivity index (χ2v) is 7.76. The average Bonchev–Trinajstić information content (AvgIpc) is 3.15. The lowest BCUT2D eigenvalue weighted by molar-refractivity contribution is 0.0307. The summed E-state index contributed by atoms with van der Waals surface area (Å²) in [6.45, 7) is 2.79. The number of hydrogen-bond acceptors (Lipinski definition) is 7. The molecule has 3 rings (SSSR count). The van der Waals surface area contributed by atoms with Crippen molar-refractivity contribution in [2.75, 3.05) is 18.1 Å². The molecule has 4 atom stereocenters. The van der Waals surface area contributed by atoms with Gasteiger partial charge in [0, 0.05) is 23.3 Å². The van der Waals surface area contributed by atoms with E-state index in [1.165, 1.54) is 5.75 Å². The molecule has 0 amide bonds. The first-order chi connectivity index (χ1) is 9.81. The monoisotopic (exact) mass is 315 g/mol. The summed E-state index contributed by atoms with van der Waals surface area (Å²) < 4.78 is 11.3. The highest BCUT2D eigenvalue weighted by Gasteiger charge is 2.34. The summed E-state index contributed by atoms with van der Waals surface area (Å²) in [5.41, 5.74) is 5.63. The van der Waals surface area contributed by atoms with E-state index in [0.29, 0.717) is 22.9 Å². The quantitative estimate of drug-likeness (QED) is 0.915. The molecule has 2 aliphatic heterocycles. The van der Waals surface area contributed by atoms with Gasteiger partial charge in [-0.1, -0.05) is 12.1 Å². The topological polar surface area (TPSA) is 74.2 Å². The van der Waals surface area contributed by atoms with Gasteiger partial charge in [-0.05, 0) is 19.3 Å². The highest BCUT2D eigenvalue weighted by molar-refractivity contribution is 8.06. The van der Waals surface area contributed by atoms with Crippen LogP contribution >= 0.6 is 23.5 Å². The fourth-order valence-electron chi connectivity index (χ4n) is 2.70. The van der Waals surface area contributed by atoms with Crippen molar-refractivity contribution in [2.24, 2.45) is 5.73 Å². The number of thioether (sulfide) groups is 2. The van der Waals surface area contributed by atoms with E-state index in [1.807, 2.05) is 23.5 Å². The van der Waals surface area contributed by atoms with Crippen molar-refractivity contribution in [3.63, 3.8) is 0 Å². The van der Waals surface area contributed by atoms with E-state index in [9.17, 15) is 0 Å². The molecule has 2 N–H and O–H groups in total. The second kappa shape index (κ2) is 6.68. The van der Waals surface area contributed by atoms with Gasteiger partial charge in [0.1, 0.15) is 6.10 Å². The van der Waals surface area contributed by atoms with Crippen LogP contribution < -0.4 is 5.73 Å². The Morgan fingerprint density at radius 3 is 2.90 bits per heavy atom. The van der Waals surface area contributed by atoms with Crippen LogP contribution in [0.1, 0.15) is 49.3 Å². The lowest BCUT2D eigenvalue weighted by Gasteiger charge is -2.27. The molecule has 7 heteroatoms. The van der Waals surface area contributed by atoms with E-state index in [4.69, 9.17) is 15.0 Å². The fraction of sp³-hybridized carbons (Fsp3) is 0.846. The molecule has 0 aromatic carbocycles. The van der Waals surface area contributed by atoms with Crippen molar-refractivity contribution in [1.82, 2.24) is 10.1 Å². The number of rotatable bonds is 4. The Balaban J connectivity index is 1.70. The van der Waals surface area contributed by atoms with Crippen molar-refractivity contribution in [1.29, 1.82) is 0 Å². The summed E-state index contributed by atoms with van der Waals surface area (Å²) in [4.78, 5) is 4.61. The summed E-state index contributed by atoms with van der Waals surface area (Å²) in [6, 6.07) is 0. The Morgan fingerprint density at radius 2 is 2.15 bits per heavy atom. The maximum absolute atomic E-state index is 5.82. The van der Waals surface area contributed by atoms with Crippen molar-refractivity contribution in [3.8, 4) is 0 Å². The highest BCUT2D eigenvalue weighted by atomic mass is 32.2. The number of aromatic nitrogens is 2. The van der Waals surface area contributed by atoms with Gasteiger partial charge < -0.3 is 15.0 Å². The normalized spacial score (nSPS) is 34.5. The van der Waals surface area contributed by atoms with Crippen LogP contribution in [-0.2, 0) is 4.74 Å². The molecule has 1 aromatic heterocycles. The first kappa shape index (κ1) is 14.7. The zero-order valence-electron chi connectivity index (χ0n) is 11.7. The molecule has 0 aliphatic carbocycles. The van der Waals surface area contributed by atoms with Gasteiger partial charge in [0.2, 0.25) is 0 Å². The van der Waals surface area contributed by atoms with Crippen LogP contribution in [-0.4, -0.2) is 39.5 Å². The van der Waals surface area contributed by atoms with Crippen LogP contribution in [0.4, 0.5) is 0 Å². The van der Waals surface area contributed by atoms with E-state index in [1.54, 1.807) is 0 Å². The van der Waals surface area contributed by atoms with E-state index in [-0.39, 0.29) is 12.2 Å². The Bertz CT molecular complexity index is 443. The molecule has 2 fully saturated rings. The molecule has 1 aromatic rings. The zero-order chi connectivity index (χ0) is 13.9. The number of hydrogen-bond donors (Lipinski definition) is 1. The predicted octanol–water partition coefficient (Wildman–Crippen LogP) is 2.55. The molecule has 0 spiro atoms. The smallest absolute Gasteiger partial charge is 0.255 e. The second-order valence-electron chi connectivity index (χ2n) is 5.16. The van der Waals surface area contributed by atoms with E-state index < -0.39 is 0 Å². The SMILES string of the molecule is CCC1SCCSC1c1noc(C2CCC(CN)O2)n1. The minimum absolute atomic E-state index is 0.0638. The van der Waals surface area contributed by atoms with Crippen molar-refractivity contribution in [3.05, 3.63) is 11.7 Å². The molecular weight excluding hydrogens is 294 g/mol. The molecule has 5 nitrogen and oxygen atoms in total. The van der Waals surface area contributed by atoms with E-state index in [0.717, 1.165) is 30.8 Å². The third kappa shape index (κ3) is 3.00. The maximum atomic E-state index is 5.82. The summed E-state index contributed by atoms with van der Waals surface area (Å²) in [6.07, 6.45) is 3.11. The molecule has 0 saturated carbocycles. The first-order valence-corrected chi connectivity index (χ1v) is 9.33. The summed E-state index contributed by atoms with van der Waals surface area (Å²) in [5, 5.41) is 5.14. The molecule has 2 saturated heterocycles. The molecule has 0 bridgehead atoms. The zero-order valence-corrected chi connectivity index (χ0v) is 13.3. The lowest BCUT2D eigenvalue weighted by atomic mass is 10.2. The van der Waals surface area contributed by atoms with Gasteiger partial charge in [0.05, 0.1) is 11.4 Å². The Kier molecular flexibility index (Phi) is 4.91. The Morgan fingerprint density at radius 1 is 1.30 bits per heavy atom. The Hall–Kier alpha value is -0.240. The summed E-state index contributed by atoms with van der Waals surface area (Å²) in [7, 11) is 0. The largest absolute Gasteiger partial charge is 0.364 e. The van der Waals surface area contributed by atoms with Gasteiger partial charge >= 0.3 is 0 Å². The van der Waals surface area contributed by atoms with Crippen molar-refractivity contribution in [2.45, 2.75) is 48.9 Å². The van der Waals surface area contributed by atoms with Crippen molar-refractivity contribution < 1.29 is 9.26 Å². The average molecular weight is 315 g/mol. The summed E-state index contributed by atoms with van der Waals surface area (Å²) >= 11 is 3.96. The van der Waals surface area contributed by atoms with Gasteiger partial charge in [-0.25, -0.2) is 0 Å². The minimum atomic E-state index is -0.0638. The molecular formula is C13H21N3O2S2. The minimum Gasteiger partial charge on any atom is -0.364 e. The lowest BCUT2D eigenvalue weighted by Crippen LogP contribution is -2.19. The molecule has 4 unspecified atom stereocenters. The number of nitrogens with two attached hydrogens (primary N) is 1. The number of nitrogens with zero attached hydrogens (tertiary/aromatic N) is 2. The van der Waals surface area contributed by atoms with Gasteiger partial charge in [-0.3, -0.25) is 0 Å².